The van der Waals surface area contributed by atoms with Crippen molar-refractivity contribution in [3.8, 4) is 11.5 Å². The van der Waals surface area contributed by atoms with E-state index in [0.717, 1.165) is 64.1 Å². The topological polar surface area (TPSA) is 52.6 Å². The minimum absolute atomic E-state index is 0.0373. The number of rotatable bonds is 5. The van der Waals surface area contributed by atoms with Gasteiger partial charge in [0.2, 0.25) is 0 Å². The van der Waals surface area contributed by atoms with E-state index in [1.165, 1.54) is 6.42 Å². The maximum atomic E-state index is 12.2. The molecule has 0 N–H and O–H groups in total. The number of hydrogen-bond acceptors (Lipinski definition) is 4. The number of benzene rings is 1. The van der Waals surface area contributed by atoms with Gasteiger partial charge in [0.15, 0.2) is 11.9 Å². The summed E-state index contributed by atoms with van der Waals surface area (Å²) < 4.78 is 11.4. The first-order chi connectivity index (χ1) is 11.7. The van der Waals surface area contributed by atoms with Crippen molar-refractivity contribution in [2.24, 2.45) is 5.92 Å². The molecule has 0 aliphatic heterocycles. The zero-order chi connectivity index (χ0) is 16.8. The summed E-state index contributed by atoms with van der Waals surface area (Å²) in [5.41, 5.74) is -0.682. The molecule has 1 aromatic carbocycles. The van der Waals surface area contributed by atoms with E-state index in [4.69, 9.17) is 9.47 Å². The second kappa shape index (κ2) is 7.82. The molecule has 0 radical (unpaired) electrons. The van der Waals surface area contributed by atoms with E-state index in [2.05, 4.69) is 0 Å². The summed E-state index contributed by atoms with van der Waals surface area (Å²) in [7, 11) is 0. The van der Waals surface area contributed by atoms with Crippen LogP contribution >= 0.6 is 0 Å². The van der Waals surface area contributed by atoms with Gasteiger partial charge in [-0.2, -0.15) is 0 Å². The summed E-state index contributed by atoms with van der Waals surface area (Å²) in [6.07, 6.45) is 11.0. The molecule has 1 aromatic rings. The van der Waals surface area contributed by atoms with Crippen LogP contribution in [-0.2, 0) is 9.59 Å². The van der Waals surface area contributed by atoms with Gasteiger partial charge in [-0.15, -0.1) is 0 Å². The molecule has 2 saturated carbocycles. The van der Waals surface area contributed by atoms with Gasteiger partial charge in [-0.05, 0) is 62.8 Å². The van der Waals surface area contributed by atoms with Gasteiger partial charge in [0.25, 0.3) is 0 Å². The van der Waals surface area contributed by atoms with E-state index in [1.54, 1.807) is 24.3 Å². The maximum Gasteiger partial charge on any atom is 0.314 e. The first-order valence-corrected chi connectivity index (χ1v) is 9.18. The minimum Gasteiger partial charge on any atom is -0.480 e. The van der Waals surface area contributed by atoms with Crippen LogP contribution < -0.4 is 9.47 Å². The summed E-state index contributed by atoms with van der Waals surface area (Å²) in [5, 5.41) is 0. The summed E-state index contributed by atoms with van der Waals surface area (Å²) in [4.78, 5) is 23.6. The van der Waals surface area contributed by atoms with Crippen LogP contribution in [0.4, 0.5) is 0 Å². The predicted molar refractivity (Wildman–Crippen MR) is 91.2 cm³/mol. The number of hydrogen-bond donors (Lipinski definition) is 0. The number of carbonyl (C=O) groups excluding carboxylic acids is 2. The Morgan fingerprint density at radius 3 is 2.12 bits per heavy atom. The lowest BCUT2D eigenvalue weighted by Crippen LogP contribution is -2.39. The normalized spacial score (nSPS) is 21.0. The lowest BCUT2D eigenvalue weighted by molar-refractivity contribution is -0.140. The molecule has 24 heavy (non-hydrogen) atoms. The van der Waals surface area contributed by atoms with Crippen molar-refractivity contribution in [2.75, 3.05) is 0 Å². The van der Waals surface area contributed by atoms with Gasteiger partial charge in [-0.1, -0.05) is 25.7 Å². The Kier molecular flexibility index (Phi) is 5.54. The lowest BCUT2D eigenvalue weighted by Gasteiger charge is -2.32. The Hall–Kier alpha value is -1.84. The fraction of sp³-hybridized carbons (Fsp3) is 0.600. The SMILES string of the molecule is O=CC1(Oc2ccc(OC(=O)C3CCCCC3)cc2)CCCCC1. The van der Waals surface area contributed by atoms with Crippen molar-refractivity contribution in [2.45, 2.75) is 69.8 Å². The smallest absolute Gasteiger partial charge is 0.314 e. The number of ether oxygens (including phenoxy) is 2. The van der Waals surface area contributed by atoms with Gasteiger partial charge in [0, 0.05) is 0 Å². The van der Waals surface area contributed by atoms with E-state index in [9.17, 15) is 9.59 Å². The molecule has 3 rings (SSSR count). The third-order valence-corrected chi connectivity index (χ3v) is 5.22. The highest BCUT2D eigenvalue weighted by Gasteiger charge is 2.34. The van der Waals surface area contributed by atoms with Crippen LogP contribution in [0.5, 0.6) is 11.5 Å². The van der Waals surface area contributed by atoms with Crippen molar-refractivity contribution in [1.29, 1.82) is 0 Å². The van der Waals surface area contributed by atoms with Crippen LogP contribution in [0.15, 0.2) is 24.3 Å². The van der Waals surface area contributed by atoms with Gasteiger partial charge in [0.05, 0.1) is 5.92 Å². The van der Waals surface area contributed by atoms with E-state index in [1.807, 2.05) is 0 Å². The molecule has 0 spiro atoms. The summed E-state index contributed by atoms with van der Waals surface area (Å²) in [6, 6.07) is 7.06. The predicted octanol–water partition coefficient (Wildman–Crippen LogP) is 4.45. The first-order valence-electron chi connectivity index (χ1n) is 9.18. The number of esters is 1. The Labute approximate surface area is 143 Å². The number of carbonyl (C=O) groups is 2. The van der Waals surface area contributed by atoms with E-state index in [-0.39, 0.29) is 11.9 Å². The molecule has 4 nitrogen and oxygen atoms in total. The van der Waals surface area contributed by atoms with Crippen LogP contribution in [0.2, 0.25) is 0 Å². The minimum atomic E-state index is -0.682. The summed E-state index contributed by atoms with van der Waals surface area (Å²) in [5.74, 6) is 1.11. The molecule has 0 saturated heterocycles. The van der Waals surface area contributed by atoms with Gasteiger partial charge in [0.1, 0.15) is 11.5 Å². The molecule has 0 aromatic heterocycles. The van der Waals surface area contributed by atoms with Crippen molar-refractivity contribution < 1.29 is 19.1 Å². The third kappa shape index (κ3) is 4.16. The molecule has 0 amide bonds. The molecular weight excluding hydrogens is 304 g/mol. The quantitative estimate of drug-likeness (QED) is 0.454. The van der Waals surface area contributed by atoms with Crippen LogP contribution in [0, 0.1) is 5.92 Å². The average Bonchev–Trinajstić information content (AvgIpc) is 2.65. The van der Waals surface area contributed by atoms with Gasteiger partial charge in [-0.25, -0.2) is 0 Å². The van der Waals surface area contributed by atoms with Gasteiger partial charge < -0.3 is 9.47 Å². The molecule has 0 unspecified atom stereocenters. The highest BCUT2D eigenvalue weighted by atomic mass is 16.5. The standard InChI is InChI=1S/C20H26O4/c21-15-20(13-5-2-6-14-20)24-18-11-9-17(10-12-18)23-19(22)16-7-3-1-4-8-16/h9-12,15-16H,1-8,13-14H2. The Morgan fingerprint density at radius 1 is 0.917 bits per heavy atom. The fourth-order valence-electron chi connectivity index (χ4n) is 3.74. The second-order valence-electron chi connectivity index (χ2n) is 7.07. The molecule has 2 fully saturated rings. The van der Waals surface area contributed by atoms with Crippen LogP contribution in [-0.4, -0.2) is 17.9 Å². The lowest BCUT2D eigenvalue weighted by atomic mass is 9.86. The molecule has 2 aliphatic carbocycles. The van der Waals surface area contributed by atoms with Gasteiger partial charge >= 0.3 is 5.97 Å². The molecule has 0 atom stereocenters. The molecule has 2 aliphatic rings. The third-order valence-electron chi connectivity index (χ3n) is 5.22. The molecule has 0 bridgehead atoms. The van der Waals surface area contributed by atoms with Crippen molar-refractivity contribution >= 4 is 12.3 Å². The van der Waals surface area contributed by atoms with E-state index >= 15 is 0 Å². The molecule has 0 heterocycles. The monoisotopic (exact) mass is 330 g/mol. The average molecular weight is 330 g/mol. The van der Waals surface area contributed by atoms with Crippen molar-refractivity contribution in [3.05, 3.63) is 24.3 Å². The zero-order valence-electron chi connectivity index (χ0n) is 14.2. The first kappa shape index (κ1) is 17.0. The Bertz CT molecular complexity index is 552. The maximum absolute atomic E-state index is 12.2. The van der Waals surface area contributed by atoms with E-state index in [0.29, 0.717) is 11.5 Å². The molecule has 4 heteroatoms. The van der Waals surface area contributed by atoms with Crippen LogP contribution in [0.1, 0.15) is 64.2 Å². The number of aldehydes is 1. The Morgan fingerprint density at radius 2 is 1.50 bits per heavy atom. The summed E-state index contributed by atoms with van der Waals surface area (Å²) in [6.45, 7) is 0. The van der Waals surface area contributed by atoms with Crippen LogP contribution in [0.25, 0.3) is 0 Å². The van der Waals surface area contributed by atoms with Crippen LogP contribution in [0.3, 0.4) is 0 Å². The summed E-state index contributed by atoms with van der Waals surface area (Å²) >= 11 is 0. The highest BCUT2D eigenvalue weighted by Crippen LogP contribution is 2.32. The van der Waals surface area contributed by atoms with Gasteiger partial charge in [-0.3, -0.25) is 9.59 Å². The van der Waals surface area contributed by atoms with Crippen molar-refractivity contribution in [3.63, 3.8) is 0 Å². The Balaban J connectivity index is 1.58. The van der Waals surface area contributed by atoms with E-state index < -0.39 is 5.60 Å². The van der Waals surface area contributed by atoms with Crippen molar-refractivity contribution in [1.82, 2.24) is 0 Å². The highest BCUT2D eigenvalue weighted by molar-refractivity contribution is 5.75. The second-order valence-corrected chi connectivity index (χ2v) is 7.07. The fourth-order valence-corrected chi connectivity index (χ4v) is 3.74. The largest absolute Gasteiger partial charge is 0.480 e. The molecule has 130 valence electrons. The zero-order valence-corrected chi connectivity index (χ0v) is 14.2. The molecular formula is C20H26O4.